The van der Waals surface area contributed by atoms with Crippen LogP contribution in [0, 0.1) is 0 Å². The van der Waals surface area contributed by atoms with Gasteiger partial charge in [-0.15, -0.1) is 0 Å². The Balaban J connectivity index is 1.34. The minimum Gasteiger partial charge on any atom is -0.454 e. The minimum absolute atomic E-state index is 0.237. The molecule has 1 unspecified atom stereocenters. The number of ether oxygens (including phenoxy) is 3. The molecule has 1 fully saturated rings. The molecule has 4 heterocycles. The van der Waals surface area contributed by atoms with Gasteiger partial charge >= 0.3 is 11.1 Å². The van der Waals surface area contributed by atoms with Crippen LogP contribution >= 0.6 is 0 Å². The van der Waals surface area contributed by atoms with Crippen molar-refractivity contribution in [1.82, 2.24) is 19.2 Å². The number of aryl methyl sites for hydroxylation is 1. The van der Waals surface area contributed by atoms with Gasteiger partial charge in [0.15, 0.2) is 17.3 Å². The molecule has 0 bridgehead atoms. The van der Waals surface area contributed by atoms with Crippen LogP contribution in [0.1, 0.15) is 17.8 Å². The van der Waals surface area contributed by atoms with Crippen molar-refractivity contribution in [3.8, 4) is 11.5 Å². The zero-order chi connectivity index (χ0) is 18.6. The van der Waals surface area contributed by atoms with Crippen molar-refractivity contribution in [2.45, 2.75) is 31.7 Å². The molecule has 27 heavy (non-hydrogen) atoms. The topological polar surface area (TPSA) is 87.8 Å². The van der Waals surface area contributed by atoms with Crippen LogP contribution in [0.5, 0.6) is 11.5 Å². The van der Waals surface area contributed by atoms with E-state index in [9.17, 15) is 9.59 Å². The van der Waals surface area contributed by atoms with E-state index < -0.39 is 16.7 Å². The quantitative estimate of drug-likeness (QED) is 0.677. The first-order valence-electron chi connectivity index (χ1n) is 8.95. The van der Waals surface area contributed by atoms with Crippen LogP contribution in [-0.4, -0.2) is 44.7 Å². The fourth-order valence-corrected chi connectivity index (χ4v) is 4.07. The van der Waals surface area contributed by atoms with E-state index in [2.05, 4.69) is 10.00 Å². The predicted octanol–water partition coefficient (Wildman–Crippen LogP) is -0.154. The van der Waals surface area contributed by atoms with Gasteiger partial charge in [0.1, 0.15) is 12.2 Å². The first-order chi connectivity index (χ1) is 13.0. The van der Waals surface area contributed by atoms with Crippen LogP contribution in [0.3, 0.4) is 0 Å². The third-order valence-electron chi connectivity index (χ3n) is 5.49. The van der Waals surface area contributed by atoms with Gasteiger partial charge in [-0.05, 0) is 24.1 Å². The van der Waals surface area contributed by atoms with E-state index in [1.165, 1.54) is 11.6 Å². The van der Waals surface area contributed by atoms with Crippen LogP contribution in [0.2, 0.25) is 0 Å². The maximum atomic E-state index is 12.3. The van der Waals surface area contributed by atoms with Gasteiger partial charge in [-0.3, -0.25) is 19.1 Å². The molecule has 2 aromatic rings. The number of nitrogens with zero attached hydrogens (tertiary/aromatic N) is 4. The summed E-state index contributed by atoms with van der Waals surface area (Å²) in [6, 6.07) is 5.97. The average molecular weight is 372 g/mol. The van der Waals surface area contributed by atoms with Crippen molar-refractivity contribution in [3.05, 3.63) is 50.3 Å². The smallest absolute Gasteiger partial charge is 0.332 e. The molecule has 1 aromatic carbocycles. The molecule has 9 heteroatoms. The summed E-state index contributed by atoms with van der Waals surface area (Å²) in [5.41, 5.74) is -0.452. The fourth-order valence-electron chi connectivity index (χ4n) is 4.07. The van der Waals surface area contributed by atoms with Crippen molar-refractivity contribution >= 4 is 0 Å². The molecule has 3 aliphatic rings. The molecular weight excluding hydrogens is 352 g/mol. The van der Waals surface area contributed by atoms with E-state index in [1.807, 2.05) is 18.2 Å². The molecular formula is C18H20N4O5. The van der Waals surface area contributed by atoms with Gasteiger partial charge in [0.25, 0.3) is 0 Å². The molecule has 0 N–H and O–H groups in total. The molecule has 0 amide bonds. The molecule has 0 saturated carbocycles. The summed E-state index contributed by atoms with van der Waals surface area (Å²) in [6.07, 6.45) is 0.804. The molecule has 5 rings (SSSR count). The minimum atomic E-state index is -0.606. The van der Waals surface area contributed by atoms with Gasteiger partial charge in [0, 0.05) is 26.7 Å². The van der Waals surface area contributed by atoms with E-state index in [1.54, 1.807) is 0 Å². The lowest BCUT2D eigenvalue weighted by atomic mass is 10.0. The molecule has 1 spiro atoms. The Labute approximate surface area is 154 Å². The Morgan fingerprint density at radius 3 is 2.89 bits per heavy atom. The summed E-state index contributed by atoms with van der Waals surface area (Å²) in [6.45, 7) is 3.18. The number of rotatable bonds is 2. The van der Waals surface area contributed by atoms with Gasteiger partial charge < -0.3 is 14.2 Å². The normalized spacial score (nSPS) is 23.7. The van der Waals surface area contributed by atoms with Crippen LogP contribution in [-0.2, 0) is 31.5 Å². The van der Waals surface area contributed by atoms with E-state index in [-0.39, 0.29) is 13.4 Å². The largest absolute Gasteiger partial charge is 0.454 e. The number of fused-ring (bicyclic) bond motifs is 2. The lowest BCUT2D eigenvalue weighted by Gasteiger charge is -2.35. The first-order valence-corrected chi connectivity index (χ1v) is 8.95. The van der Waals surface area contributed by atoms with E-state index in [0.717, 1.165) is 41.3 Å². The summed E-state index contributed by atoms with van der Waals surface area (Å²) in [5.74, 6) is 2.05. The Hall–Kier alpha value is -2.65. The van der Waals surface area contributed by atoms with Gasteiger partial charge in [-0.25, -0.2) is 4.68 Å². The molecule has 1 aromatic heterocycles. The maximum Gasteiger partial charge on any atom is 0.332 e. The SMILES string of the molecule is Cn1nc2n(c(=O)c1=O)CC1(CCN(Cc3ccc4c(c3)OCO4)C1)OC2. The summed E-state index contributed by atoms with van der Waals surface area (Å²) in [5, 5.41) is 4.15. The zero-order valence-electron chi connectivity index (χ0n) is 15.0. The third kappa shape index (κ3) is 2.74. The van der Waals surface area contributed by atoms with Crippen molar-refractivity contribution in [2.75, 3.05) is 19.9 Å². The third-order valence-corrected chi connectivity index (χ3v) is 5.49. The lowest BCUT2D eigenvalue weighted by Crippen LogP contribution is -2.52. The number of aromatic nitrogens is 3. The maximum absolute atomic E-state index is 12.3. The Morgan fingerprint density at radius 1 is 1.15 bits per heavy atom. The predicted molar refractivity (Wildman–Crippen MR) is 93.7 cm³/mol. The molecule has 1 atom stereocenters. The van der Waals surface area contributed by atoms with Crippen LogP contribution < -0.4 is 20.6 Å². The highest BCUT2D eigenvalue weighted by Crippen LogP contribution is 2.35. The van der Waals surface area contributed by atoms with Crippen molar-refractivity contribution < 1.29 is 14.2 Å². The monoisotopic (exact) mass is 372 g/mol. The summed E-state index contributed by atoms with van der Waals surface area (Å²) < 4.78 is 19.5. The number of hydrogen-bond donors (Lipinski definition) is 0. The number of benzene rings is 1. The van der Waals surface area contributed by atoms with Gasteiger partial charge in [-0.1, -0.05) is 6.07 Å². The molecule has 3 aliphatic heterocycles. The Morgan fingerprint density at radius 2 is 2.00 bits per heavy atom. The summed E-state index contributed by atoms with van der Waals surface area (Å²) in [4.78, 5) is 26.6. The summed E-state index contributed by atoms with van der Waals surface area (Å²) in [7, 11) is 1.48. The Bertz CT molecular complexity index is 1030. The van der Waals surface area contributed by atoms with Crippen LogP contribution in [0.25, 0.3) is 0 Å². The molecule has 142 valence electrons. The van der Waals surface area contributed by atoms with Crippen LogP contribution in [0.4, 0.5) is 0 Å². The van der Waals surface area contributed by atoms with Gasteiger partial charge in [-0.2, -0.15) is 5.10 Å². The molecule has 1 saturated heterocycles. The van der Waals surface area contributed by atoms with Gasteiger partial charge in [0.05, 0.1) is 6.54 Å². The van der Waals surface area contributed by atoms with Crippen molar-refractivity contribution in [3.63, 3.8) is 0 Å². The fraction of sp³-hybridized carbons (Fsp3) is 0.500. The number of hydrogen-bond acceptors (Lipinski definition) is 7. The van der Waals surface area contributed by atoms with Crippen LogP contribution in [0.15, 0.2) is 27.8 Å². The average Bonchev–Trinajstić information content (AvgIpc) is 3.28. The highest BCUT2D eigenvalue weighted by Gasteiger charge is 2.43. The lowest BCUT2D eigenvalue weighted by molar-refractivity contribution is -0.0858. The van der Waals surface area contributed by atoms with Gasteiger partial charge in [0.2, 0.25) is 6.79 Å². The summed E-state index contributed by atoms with van der Waals surface area (Å²) >= 11 is 0. The molecule has 0 aliphatic carbocycles. The first kappa shape index (κ1) is 16.5. The molecule has 9 nitrogen and oxygen atoms in total. The second kappa shape index (κ2) is 5.93. The van der Waals surface area contributed by atoms with Crippen molar-refractivity contribution in [1.29, 1.82) is 0 Å². The second-order valence-electron chi connectivity index (χ2n) is 7.36. The van der Waals surface area contributed by atoms with Crippen molar-refractivity contribution in [2.24, 2.45) is 7.05 Å². The van der Waals surface area contributed by atoms with E-state index >= 15 is 0 Å². The number of likely N-dealkylation sites (tertiary alicyclic amines) is 1. The standard InChI is InChI=1S/C18H20N4O5/c1-20-16(23)17(24)22-10-18(27-8-15(22)19-20)4-5-21(9-18)7-12-2-3-13-14(6-12)26-11-25-13/h2-3,6H,4-5,7-11H2,1H3. The van der Waals surface area contributed by atoms with E-state index in [4.69, 9.17) is 14.2 Å². The molecule has 0 radical (unpaired) electrons. The zero-order valence-corrected chi connectivity index (χ0v) is 15.0. The Kier molecular flexibility index (Phi) is 3.63. The second-order valence-corrected chi connectivity index (χ2v) is 7.36. The highest BCUT2D eigenvalue weighted by molar-refractivity contribution is 5.44. The van der Waals surface area contributed by atoms with E-state index in [0.29, 0.717) is 18.9 Å². The highest BCUT2D eigenvalue weighted by atomic mass is 16.7.